The van der Waals surface area contributed by atoms with Gasteiger partial charge in [0, 0.05) is 17.5 Å². The quantitative estimate of drug-likeness (QED) is 0.590. The molecular formula is C14H11FOS. The average molecular weight is 246 g/mol. The monoisotopic (exact) mass is 246 g/mol. The number of Topliss-reactive ketones (excluding diaryl/α,β-unsaturated/α-hetero) is 1. The van der Waals surface area contributed by atoms with Crippen LogP contribution in [0.5, 0.6) is 0 Å². The number of rotatable bonds is 3. The van der Waals surface area contributed by atoms with Crippen LogP contribution in [0.2, 0.25) is 0 Å². The predicted octanol–water partition coefficient (Wildman–Crippen LogP) is 4.03. The smallest absolute Gasteiger partial charge is 0.173 e. The van der Waals surface area contributed by atoms with E-state index in [0.717, 1.165) is 10.1 Å². The van der Waals surface area contributed by atoms with Gasteiger partial charge in [-0.3, -0.25) is 4.79 Å². The van der Waals surface area contributed by atoms with Gasteiger partial charge < -0.3 is 0 Å². The van der Waals surface area contributed by atoms with E-state index in [9.17, 15) is 9.18 Å². The molecule has 0 fully saturated rings. The number of carbonyl (C=O) groups excluding carboxylic acids is 1. The van der Waals surface area contributed by atoms with Crippen LogP contribution < -0.4 is 0 Å². The molecule has 1 aromatic heterocycles. The fourth-order valence-electron chi connectivity index (χ4n) is 1.58. The second kappa shape index (κ2) is 5.11. The number of hydrogen-bond acceptors (Lipinski definition) is 2. The summed E-state index contributed by atoms with van der Waals surface area (Å²) < 4.78 is 13.9. The summed E-state index contributed by atoms with van der Waals surface area (Å²) in [4.78, 5) is 12.5. The number of benzene rings is 1. The van der Waals surface area contributed by atoms with Crippen LogP contribution in [0.25, 0.3) is 10.1 Å². The zero-order valence-electron chi connectivity index (χ0n) is 9.42. The van der Waals surface area contributed by atoms with E-state index in [1.807, 2.05) is 0 Å². The number of carbonyl (C=O) groups is 1. The van der Waals surface area contributed by atoms with Gasteiger partial charge in [0.05, 0.1) is 4.88 Å². The molecule has 1 nitrogen and oxygen atoms in total. The van der Waals surface area contributed by atoms with Crippen molar-refractivity contribution in [3.8, 4) is 11.8 Å². The topological polar surface area (TPSA) is 17.1 Å². The van der Waals surface area contributed by atoms with Gasteiger partial charge in [0.15, 0.2) is 5.78 Å². The first kappa shape index (κ1) is 11.8. The first-order chi connectivity index (χ1) is 8.20. The summed E-state index contributed by atoms with van der Waals surface area (Å²) >= 11 is 1.41. The molecule has 0 bridgehead atoms. The minimum Gasteiger partial charge on any atom is -0.293 e. The van der Waals surface area contributed by atoms with E-state index in [-0.39, 0.29) is 11.6 Å². The highest BCUT2D eigenvalue weighted by Crippen LogP contribution is 2.27. The molecule has 2 rings (SSSR count). The van der Waals surface area contributed by atoms with Gasteiger partial charge >= 0.3 is 0 Å². The van der Waals surface area contributed by atoms with Crippen LogP contribution in [0, 0.1) is 17.7 Å². The molecule has 3 heteroatoms. The summed E-state index contributed by atoms with van der Waals surface area (Å²) in [5.41, 5.74) is 0. The molecular weight excluding hydrogens is 235 g/mol. The van der Waals surface area contributed by atoms with Crippen molar-refractivity contribution in [3.63, 3.8) is 0 Å². The van der Waals surface area contributed by atoms with Gasteiger partial charge in [-0.1, -0.05) is 0 Å². The Morgan fingerprint density at radius 3 is 3.00 bits per heavy atom. The Kier molecular flexibility index (Phi) is 3.55. The summed E-state index contributed by atoms with van der Waals surface area (Å²) in [5.74, 6) is 5.43. The van der Waals surface area contributed by atoms with Crippen molar-refractivity contribution in [1.29, 1.82) is 0 Å². The Labute approximate surface area is 103 Å². The van der Waals surface area contributed by atoms with Gasteiger partial charge in [-0.15, -0.1) is 23.2 Å². The molecule has 0 amide bonds. The van der Waals surface area contributed by atoms with Crippen molar-refractivity contribution in [2.75, 3.05) is 0 Å². The van der Waals surface area contributed by atoms with Gasteiger partial charge in [-0.05, 0) is 36.6 Å². The van der Waals surface area contributed by atoms with E-state index in [4.69, 9.17) is 0 Å². The second-order valence-electron chi connectivity index (χ2n) is 3.64. The normalized spacial score (nSPS) is 10.0. The van der Waals surface area contributed by atoms with Crippen molar-refractivity contribution in [3.05, 3.63) is 35.0 Å². The Morgan fingerprint density at radius 2 is 2.24 bits per heavy atom. The Bertz CT molecular complexity index is 616. The molecule has 17 heavy (non-hydrogen) atoms. The van der Waals surface area contributed by atoms with Crippen molar-refractivity contribution in [2.24, 2.45) is 0 Å². The molecule has 0 saturated carbocycles. The third kappa shape index (κ3) is 2.72. The van der Waals surface area contributed by atoms with E-state index >= 15 is 0 Å². The van der Waals surface area contributed by atoms with Crippen LogP contribution in [0.3, 0.4) is 0 Å². The van der Waals surface area contributed by atoms with Gasteiger partial charge in [-0.25, -0.2) is 4.39 Å². The maximum Gasteiger partial charge on any atom is 0.173 e. The highest BCUT2D eigenvalue weighted by Gasteiger charge is 2.09. The highest BCUT2D eigenvalue weighted by atomic mass is 32.1. The van der Waals surface area contributed by atoms with Crippen LogP contribution in [-0.4, -0.2) is 5.78 Å². The van der Waals surface area contributed by atoms with Gasteiger partial charge in [0.2, 0.25) is 0 Å². The maximum atomic E-state index is 13.0. The van der Waals surface area contributed by atoms with Gasteiger partial charge in [0.25, 0.3) is 0 Å². The SMILES string of the molecule is CC#CCCC(=O)c1cc2cc(F)ccc2s1. The number of halogens is 1. The summed E-state index contributed by atoms with van der Waals surface area (Å²) in [6.07, 6.45) is 1.01. The van der Waals surface area contributed by atoms with Crippen molar-refractivity contribution in [1.82, 2.24) is 0 Å². The molecule has 0 spiro atoms. The zero-order valence-corrected chi connectivity index (χ0v) is 10.2. The first-order valence-corrected chi connectivity index (χ1v) is 6.14. The third-order valence-electron chi connectivity index (χ3n) is 2.41. The number of thiophene rings is 1. The molecule has 1 heterocycles. The van der Waals surface area contributed by atoms with E-state index in [1.165, 1.54) is 23.5 Å². The van der Waals surface area contributed by atoms with Crippen LogP contribution in [0.1, 0.15) is 29.4 Å². The molecule has 0 aliphatic carbocycles. The summed E-state index contributed by atoms with van der Waals surface area (Å²) in [6, 6.07) is 6.33. The van der Waals surface area contributed by atoms with E-state index in [2.05, 4.69) is 11.8 Å². The molecule has 2 aromatic rings. The van der Waals surface area contributed by atoms with Crippen LogP contribution >= 0.6 is 11.3 Å². The molecule has 0 radical (unpaired) electrons. The molecule has 0 aliphatic heterocycles. The molecule has 0 saturated heterocycles. The molecule has 0 aliphatic rings. The number of hydrogen-bond donors (Lipinski definition) is 0. The Balaban J connectivity index is 2.23. The molecule has 0 N–H and O–H groups in total. The lowest BCUT2D eigenvalue weighted by molar-refractivity contribution is 0.0988. The number of ketones is 1. The lowest BCUT2D eigenvalue weighted by atomic mass is 10.1. The molecule has 86 valence electrons. The zero-order chi connectivity index (χ0) is 12.3. The predicted molar refractivity (Wildman–Crippen MR) is 68.8 cm³/mol. The van der Waals surface area contributed by atoms with Crippen molar-refractivity contribution in [2.45, 2.75) is 19.8 Å². The Morgan fingerprint density at radius 1 is 1.41 bits per heavy atom. The largest absolute Gasteiger partial charge is 0.293 e. The standard InChI is InChI=1S/C14H11FOS/c1-2-3-4-5-12(16)14-9-10-8-11(15)6-7-13(10)17-14/h6-9H,4-5H2,1H3. The van der Waals surface area contributed by atoms with E-state index < -0.39 is 0 Å². The van der Waals surface area contributed by atoms with Gasteiger partial charge in [0.1, 0.15) is 5.82 Å². The van der Waals surface area contributed by atoms with E-state index in [1.54, 1.807) is 19.1 Å². The maximum absolute atomic E-state index is 13.0. The fraction of sp³-hybridized carbons (Fsp3) is 0.214. The highest BCUT2D eigenvalue weighted by molar-refractivity contribution is 7.20. The number of fused-ring (bicyclic) bond motifs is 1. The summed E-state index contributed by atoms with van der Waals surface area (Å²) in [5, 5.41) is 0.792. The third-order valence-corrected chi connectivity index (χ3v) is 3.56. The lowest BCUT2D eigenvalue weighted by Crippen LogP contribution is -1.93. The van der Waals surface area contributed by atoms with Crippen molar-refractivity contribution < 1.29 is 9.18 Å². The van der Waals surface area contributed by atoms with Crippen molar-refractivity contribution >= 4 is 27.2 Å². The molecule has 1 aromatic carbocycles. The summed E-state index contributed by atoms with van der Waals surface area (Å²) in [7, 11) is 0. The molecule has 0 unspecified atom stereocenters. The molecule has 0 atom stereocenters. The minimum absolute atomic E-state index is 0.0781. The van der Waals surface area contributed by atoms with Gasteiger partial charge in [-0.2, -0.15) is 0 Å². The second-order valence-corrected chi connectivity index (χ2v) is 4.73. The first-order valence-electron chi connectivity index (χ1n) is 5.32. The van der Waals surface area contributed by atoms with Crippen LogP contribution in [-0.2, 0) is 0 Å². The fourth-order valence-corrected chi connectivity index (χ4v) is 2.59. The average Bonchev–Trinajstić information content (AvgIpc) is 2.72. The Hall–Kier alpha value is -1.66. The summed E-state index contributed by atoms with van der Waals surface area (Å²) in [6.45, 7) is 1.76. The van der Waals surface area contributed by atoms with E-state index in [0.29, 0.717) is 17.7 Å². The minimum atomic E-state index is -0.272. The van der Waals surface area contributed by atoms with Crippen LogP contribution in [0.15, 0.2) is 24.3 Å². The lowest BCUT2D eigenvalue weighted by Gasteiger charge is -1.91. The van der Waals surface area contributed by atoms with Crippen LogP contribution in [0.4, 0.5) is 4.39 Å².